The number of rotatable bonds is 4. The molecule has 0 radical (unpaired) electrons. The van der Waals surface area contributed by atoms with Crippen molar-refractivity contribution < 1.29 is 0 Å². The third-order valence-electron chi connectivity index (χ3n) is 2.63. The maximum Gasteiger partial charge on any atom is 0.0655 e. The summed E-state index contributed by atoms with van der Waals surface area (Å²) < 4.78 is 0. The van der Waals surface area contributed by atoms with E-state index in [1.807, 2.05) is 6.92 Å². The van der Waals surface area contributed by atoms with Crippen molar-refractivity contribution in [3.8, 4) is 6.07 Å². The molecular weight excluding hydrogens is 134 g/mol. The minimum atomic E-state index is 0.205. The standard InChI is InChI=1S/C10H19N/c1-5-6-8(2)10(4)9(3)7-11/h8-10H,5-6H2,1-4H3. The van der Waals surface area contributed by atoms with Gasteiger partial charge in [-0.2, -0.15) is 5.26 Å². The molecule has 0 N–H and O–H groups in total. The molecule has 0 aliphatic carbocycles. The quantitative estimate of drug-likeness (QED) is 0.608. The third kappa shape index (κ3) is 3.41. The Kier molecular flexibility index (Phi) is 4.94. The molecule has 0 aliphatic heterocycles. The highest BCUT2D eigenvalue weighted by atomic mass is 14.3. The van der Waals surface area contributed by atoms with E-state index >= 15 is 0 Å². The summed E-state index contributed by atoms with van der Waals surface area (Å²) in [6.07, 6.45) is 2.47. The van der Waals surface area contributed by atoms with E-state index in [0.29, 0.717) is 11.8 Å². The van der Waals surface area contributed by atoms with Crippen molar-refractivity contribution in [2.45, 2.75) is 40.5 Å². The molecule has 1 nitrogen and oxygen atoms in total. The van der Waals surface area contributed by atoms with E-state index in [1.165, 1.54) is 12.8 Å². The number of hydrogen-bond donors (Lipinski definition) is 0. The van der Waals surface area contributed by atoms with E-state index in [2.05, 4.69) is 26.8 Å². The predicted octanol–water partition coefficient (Wildman–Crippen LogP) is 3.22. The van der Waals surface area contributed by atoms with Crippen LogP contribution >= 0.6 is 0 Å². The van der Waals surface area contributed by atoms with Crippen LogP contribution in [-0.4, -0.2) is 0 Å². The van der Waals surface area contributed by atoms with Gasteiger partial charge in [0.1, 0.15) is 0 Å². The summed E-state index contributed by atoms with van der Waals surface area (Å²) in [5.41, 5.74) is 0. The van der Waals surface area contributed by atoms with Crippen LogP contribution in [0.5, 0.6) is 0 Å². The minimum absolute atomic E-state index is 0.205. The molecule has 11 heavy (non-hydrogen) atoms. The van der Waals surface area contributed by atoms with Gasteiger partial charge >= 0.3 is 0 Å². The fraction of sp³-hybridized carbons (Fsp3) is 0.900. The lowest BCUT2D eigenvalue weighted by molar-refractivity contribution is 0.306. The van der Waals surface area contributed by atoms with Crippen LogP contribution < -0.4 is 0 Å². The summed E-state index contributed by atoms with van der Waals surface area (Å²) in [6, 6.07) is 2.30. The Labute approximate surface area is 70.4 Å². The maximum absolute atomic E-state index is 8.67. The molecule has 0 amide bonds. The SMILES string of the molecule is CCCC(C)C(C)C(C)C#N. The van der Waals surface area contributed by atoms with E-state index in [-0.39, 0.29) is 5.92 Å². The topological polar surface area (TPSA) is 23.8 Å². The van der Waals surface area contributed by atoms with Gasteiger partial charge in [0.15, 0.2) is 0 Å². The van der Waals surface area contributed by atoms with Crippen LogP contribution in [0.2, 0.25) is 0 Å². The van der Waals surface area contributed by atoms with Gasteiger partial charge in [-0.25, -0.2) is 0 Å². The first kappa shape index (κ1) is 10.5. The number of nitrogens with zero attached hydrogens (tertiary/aromatic N) is 1. The highest BCUT2D eigenvalue weighted by Crippen LogP contribution is 2.23. The van der Waals surface area contributed by atoms with Crippen LogP contribution in [0.15, 0.2) is 0 Å². The van der Waals surface area contributed by atoms with Crippen LogP contribution in [0.4, 0.5) is 0 Å². The van der Waals surface area contributed by atoms with Gasteiger partial charge in [-0.05, 0) is 18.8 Å². The lowest BCUT2D eigenvalue weighted by Crippen LogP contribution is -2.14. The minimum Gasteiger partial charge on any atom is -0.198 e. The van der Waals surface area contributed by atoms with Gasteiger partial charge in [-0.15, -0.1) is 0 Å². The lowest BCUT2D eigenvalue weighted by atomic mass is 9.83. The Hall–Kier alpha value is -0.510. The largest absolute Gasteiger partial charge is 0.198 e. The average Bonchev–Trinajstić information content (AvgIpc) is 2.02. The molecule has 0 aliphatic rings. The second-order valence-electron chi connectivity index (χ2n) is 3.54. The first-order valence-corrected chi connectivity index (χ1v) is 4.53. The summed E-state index contributed by atoms with van der Waals surface area (Å²) in [4.78, 5) is 0. The van der Waals surface area contributed by atoms with Crippen molar-refractivity contribution in [2.24, 2.45) is 17.8 Å². The molecule has 0 spiro atoms. The smallest absolute Gasteiger partial charge is 0.0655 e. The van der Waals surface area contributed by atoms with Crippen LogP contribution in [0, 0.1) is 29.1 Å². The summed E-state index contributed by atoms with van der Waals surface area (Å²) in [6.45, 7) is 8.62. The molecule has 0 rings (SSSR count). The molecule has 1 heteroatoms. The highest BCUT2D eigenvalue weighted by molar-refractivity contribution is 4.84. The van der Waals surface area contributed by atoms with Gasteiger partial charge in [0, 0.05) is 5.92 Å². The zero-order chi connectivity index (χ0) is 8.85. The monoisotopic (exact) mass is 153 g/mol. The van der Waals surface area contributed by atoms with Crippen molar-refractivity contribution in [1.82, 2.24) is 0 Å². The third-order valence-corrected chi connectivity index (χ3v) is 2.63. The molecule has 0 aromatic rings. The van der Waals surface area contributed by atoms with E-state index in [0.717, 1.165) is 0 Å². The molecular formula is C10H19N. The summed E-state index contributed by atoms with van der Waals surface area (Å²) in [5.74, 6) is 1.44. The van der Waals surface area contributed by atoms with Crippen molar-refractivity contribution in [3.63, 3.8) is 0 Å². The maximum atomic E-state index is 8.67. The van der Waals surface area contributed by atoms with E-state index in [1.54, 1.807) is 0 Å². The van der Waals surface area contributed by atoms with Gasteiger partial charge in [0.2, 0.25) is 0 Å². The fourth-order valence-electron chi connectivity index (χ4n) is 1.33. The summed E-state index contributed by atoms with van der Waals surface area (Å²) >= 11 is 0. The molecule has 3 atom stereocenters. The van der Waals surface area contributed by atoms with Crippen LogP contribution in [0.1, 0.15) is 40.5 Å². The fourth-order valence-corrected chi connectivity index (χ4v) is 1.33. The molecule has 64 valence electrons. The Balaban J connectivity index is 3.82. The van der Waals surface area contributed by atoms with Crippen molar-refractivity contribution >= 4 is 0 Å². The van der Waals surface area contributed by atoms with E-state index < -0.39 is 0 Å². The number of hydrogen-bond acceptors (Lipinski definition) is 1. The first-order valence-electron chi connectivity index (χ1n) is 4.53. The normalized spacial score (nSPS) is 18.5. The van der Waals surface area contributed by atoms with Crippen molar-refractivity contribution in [3.05, 3.63) is 0 Å². The van der Waals surface area contributed by atoms with Crippen molar-refractivity contribution in [2.75, 3.05) is 0 Å². The molecule has 0 heterocycles. The number of nitriles is 1. The van der Waals surface area contributed by atoms with Crippen LogP contribution in [0.3, 0.4) is 0 Å². The van der Waals surface area contributed by atoms with Gasteiger partial charge < -0.3 is 0 Å². The van der Waals surface area contributed by atoms with Gasteiger partial charge in [0.05, 0.1) is 6.07 Å². The average molecular weight is 153 g/mol. The Morgan fingerprint density at radius 2 is 1.82 bits per heavy atom. The van der Waals surface area contributed by atoms with Crippen molar-refractivity contribution in [1.29, 1.82) is 5.26 Å². The van der Waals surface area contributed by atoms with Crippen LogP contribution in [-0.2, 0) is 0 Å². The Morgan fingerprint density at radius 1 is 1.27 bits per heavy atom. The molecule has 3 unspecified atom stereocenters. The summed E-state index contributed by atoms with van der Waals surface area (Å²) in [5, 5.41) is 8.67. The zero-order valence-corrected chi connectivity index (χ0v) is 8.09. The molecule has 0 aromatic carbocycles. The molecule has 0 bridgehead atoms. The lowest BCUT2D eigenvalue weighted by Gasteiger charge is -2.20. The second-order valence-corrected chi connectivity index (χ2v) is 3.54. The van der Waals surface area contributed by atoms with Gasteiger partial charge in [-0.1, -0.05) is 33.6 Å². The Bertz CT molecular complexity index is 134. The summed E-state index contributed by atoms with van der Waals surface area (Å²) in [7, 11) is 0. The predicted molar refractivity (Wildman–Crippen MR) is 48.0 cm³/mol. The molecule has 0 fully saturated rings. The zero-order valence-electron chi connectivity index (χ0n) is 8.09. The molecule has 0 aromatic heterocycles. The van der Waals surface area contributed by atoms with E-state index in [9.17, 15) is 0 Å². The second kappa shape index (κ2) is 5.18. The van der Waals surface area contributed by atoms with Gasteiger partial charge in [0.25, 0.3) is 0 Å². The molecule has 0 saturated heterocycles. The van der Waals surface area contributed by atoms with Crippen LogP contribution in [0.25, 0.3) is 0 Å². The van der Waals surface area contributed by atoms with E-state index in [4.69, 9.17) is 5.26 Å². The first-order chi connectivity index (χ1) is 5.13. The van der Waals surface area contributed by atoms with Gasteiger partial charge in [-0.3, -0.25) is 0 Å². The Morgan fingerprint density at radius 3 is 2.18 bits per heavy atom. The highest BCUT2D eigenvalue weighted by Gasteiger charge is 2.17. The molecule has 0 saturated carbocycles.